The smallest absolute Gasteiger partial charge is 0.320 e. The predicted octanol–water partition coefficient (Wildman–Crippen LogP) is 2.19. The van der Waals surface area contributed by atoms with Crippen LogP contribution in [0.3, 0.4) is 0 Å². The van der Waals surface area contributed by atoms with Crippen LogP contribution in [0.1, 0.15) is 12.8 Å². The second-order valence-corrected chi connectivity index (χ2v) is 7.83. The topological polar surface area (TPSA) is 74.7 Å². The van der Waals surface area contributed by atoms with Crippen molar-refractivity contribution < 1.29 is 18.3 Å². The normalized spacial score (nSPS) is 19.2. The molecule has 118 valence electrons. The van der Waals surface area contributed by atoms with Gasteiger partial charge in [0.05, 0.1) is 10.6 Å². The number of rotatable bonds is 5. The minimum absolute atomic E-state index is 0. The van der Waals surface area contributed by atoms with Crippen LogP contribution in [-0.2, 0) is 14.6 Å². The zero-order chi connectivity index (χ0) is 14.8. The van der Waals surface area contributed by atoms with Crippen molar-refractivity contribution in [3.05, 3.63) is 28.7 Å². The highest BCUT2D eigenvalue weighted by Gasteiger charge is 2.31. The zero-order valence-corrected chi connectivity index (χ0v) is 14.5. The van der Waals surface area contributed by atoms with Crippen LogP contribution in [0.4, 0.5) is 0 Å². The molecule has 1 atom stereocenters. The molecule has 1 N–H and O–H groups in total. The molecule has 2 rings (SSSR count). The number of halogens is 2. The first-order valence-electron chi connectivity index (χ1n) is 6.35. The molecule has 0 radical (unpaired) electrons. The quantitative estimate of drug-likeness (QED) is 0.823. The fraction of sp³-hybridized carbons (Fsp3) is 0.462. The minimum atomic E-state index is -3.38. The molecule has 0 saturated carbocycles. The van der Waals surface area contributed by atoms with Crippen LogP contribution in [0, 0.1) is 0 Å². The first-order valence-corrected chi connectivity index (χ1v) is 8.80. The number of likely N-dealkylation sites (tertiary alicyclic amines) is 1. The van der Waals surface area contributed by atoms with Gasteiger partial charge in [-0.15, -0.1) is 12.4 Å². The highest BCUT2D eigenvalue weighted by molar-refractivity contribution is 9.10. The van der Waals surface area contributed by atoms with E-state index in [-0.39, 0.29) is 29.6 Å². The van der Waals surface area contributed by atoms with E-state index >= 15 is 0 Å². The summed E-state index contributed by atoms with van der Waals surface area (Å²) in [6.07, 6.45) is 1.39. The summed E-state index contributed by atoms with van der Waals surface area (Å²) in [5.74, 6) is -0.935. The van der Waals surface area contributed by atoms with Crippen LogP contribution < -0.4 is 0 Å². The maximum Gasteiger partial charge on any atom is 0.320 e. The Labute approximate surface area is 138 Å². The van der Waals surface area contributed by atoms with Gasteiger partial charge in [0.25, 0.3) is 0 Å². The first kappa shape index (κ1) is 18.4. The standard InChI is InChI=1S/C13H16BrNO4S.ClH/c14-10-3-1-4-11(9-10)20(18,19)8-7-15-6-2-5-12(15)13(16)17;/h1,3-4,9,12H,2,5-8H2,(H,16,17);1H. The van der Waals surface area contributed by atoms with Gasteiger partial charge in [-0.2, -0.15) is 0 Å². The van der Waals surface area contributed by atoms with Gasteiger partial charge in [-0.05, 0) is 37.6 Å². The van der Waals surface area contributed by atoms with E-state index in [9.17, 15) is 13.2 Å². The molecule has 1 heterocycles. The van der Waals surface area contributed by atoms with Crippen molar-refractivity contribution in [3.63, 3.8) is 0 Å². The van der Waals surface area contributed by atoms with Crippen molar-refractivity contribution in [2.24, 2.45) is 0 Å². The summed E-state index contributed by atoms with van der Waals surface area (Å²) in [6, 6.07) is 6.01. The van der Waals surface area contributed by atoms with Crippen molar-refractivity contribution >= 4 is 44.1 Å². The molecule has 1 unspecified atom stereocenters. The second kappa shape index (κ2) is 7.58. The predicted molar refractivity (Wildman–Crippen MR) is 85.7 cm³/mol. The number of aliphatic carboxylic acids is 1. The molecule has 1 saturated heterocycles. The molecule has 5 nitrogen and oxygen atoms in total. The van der Waals surface area contributed by atoms with E-state index in [2.05, 4.69) is 15.9 Å². The molecule has 0 aromatic heterocycles. The van der Waals surface area contributed by atoms with E-state index in [4.69, 9.17) is 5.11 Å². The molecule has 0 amide bonds. The molecule has 0 bridgehead atoms. The van der Waals surface area contributed by atoms with Crippen molar-refractivity contribution in [3.8, 4) is 0 Å². The van der Waals surface area contributed by atoms with Crippen molar-refractivity contribution in [1.29, 1.82) is 0 Å². The van der Waals surface area contributed by atoms with E-state index in [1.807, 2.05) is 0 Å². The van der Waals surface area contributed by atoms with Crippen LogP contribution in [0.2, 0.25) is 0 Å². The second-order valence-electron chi connectivity index (χ2n) is 4.81. The Hall–Kier alpha value is -0.630. The lowest BCUT2D eigenvalue weighted by atomic mass is 10.2. The molecule has 1 fully saturated rings. The fourth-order valence-electron chi connectivity index (χ4n) is 2.39. The first-order chi connectivity index (χ1) is 9.40. The molecule has 21 heavy (non-hydrogen) atoms. The average Bonchev–Trinajstić information content (AvgIpc) is 2.85. The molecule has 0 aliphatic carbocycles. The van der Waals surface area contributed by atoms with Gasteiger partial charge in [-0.3, -0.25) is 9.69 Å². The van der Waals surface area contributed by atoms with Gasteiger partial charge in [-0.1, -0.05) is 22.0 Å². The van der Waals surface area contributed by atoms with Gasteiger partial charge in [0, 0.05) is 11.0 Å². The van der Waals surface area contributed by atoms with Crippen LogP contribution in [0.15, 0.2) is 33.6 Å². The van der Waals surface area contributed by atoms with Crippen LogP contribution in [-0.4, -0.2) is 49.3 Å². The molecule has 1 aliphatic rings. The van der Waals surface area contributed by atoms with E-state index in [1.54, 1.807) is 29.2 Å². The van der Waals surface area contributed by atoms with Gasteiger partial charge in [0.2, 0.25) is 0 Å². The number of nitrogens with zero attached hydrogens (tertiary/aromatic N) is 1. The molecule has 1 aromatic rings. The number of hydrogen-bond acceptors (Lipinski definition) is 4. The maximum absolute atomic E-state index is 12.2. The summed E-state index contributed by atoms with van der Waals surface area (Å²) in [5.41, 5.74) is 0. The Morgan fingerprint density at radius 3 is 2.76 bits per heavy atom. The Bertz CT molecular complexity index is 608. The Morgan fingerprint density at radius 1 is 1.43 bits per heavy atom. The molecule has 1 aromatic carbocycles. The van der Waals surface area contributed by atoms with Crippen molar-refractivity contribution in [2.45, 2.75) is 23.8 Å². The molecule has 8 heteroatoms. The third-order valence-electron chi connectivity index (χ3n) is 3.45. The third kappa shape index (κ3) is 4.67. The SMILES string of the molecule is Cl.O=C(O)C1CCCN1CCS(=O)(=O)c1cccc(Br)c1. The minimum Gasteiger partial charge on any atom is -0.480 e. The van der Waals surface area contributed by atoms with E-state index < -0.39 is 21.8 Å². The summed E-state index contributed by atoms with van der Waals surface area (Å²) < 4.78 is 25.2. The summed E-state index contributed by atoms with van der Waals surface area (Å²) in [4.78, 5) is 13.0. The van der Waals surface area contributed by atoms with E-state index in [0.717, 1.165) is 6.42 Å². The van der Waals surface area contributed by atoms with E-state index in [1.165, 1.54) is 0 Å². The highest BCUT2D eigenvalue weighted by Crippen LogP contribution is 2.20. The van der Waals surface area contributed by atoms with Gasteiger partial charge in [-0.25, -0.2) is 8.42 Å². The molecule has 0 spiro atoms. The number of carboxylic acids is 1. The number of benzene rings is 1. The lowest BCUT2D eigenvalue weighted by Gasteiger charge is -2.20. The van der Waals surface area contributed by atoms with Crippen molar-refractivity contribution in [2.75, 3.05) is 18.8 Å². The van der Waals surface area contributed by atoms with Crippen LogP contribution >= 0.6 is 28.3 Å². The van der Waals surface area contributed by atoms with Crippen molar-refractivity contribution in [1.82, 2.24) is 4.90 Å². The van der Waals surface area contributed by atoms with E-state index in [0.29, 0.717) is 17.4 Å². The average molecular weight is 399 g/mol. The highest BCUT2D eigenvalue weighted by atomic mass is 79.9. The lowest BCUT2D eigenvalue weighted by molar-refractivity contribution is -0.142. The monoisotopic (exact) mass is 397 g/mol. The number of sulfone groups is 1. The summed E-state index contributed by atoms with van der Waals surface area (Å²) >= 11 is 3.25. The summed E-state index contributed by atoms with van der Waals surface area (Å²) in [5, 5.41) is 9.07. The Balaban J connectivity index is 0.00000220. The Kier molecular flexibility index (Phi) is 6.65. The van der Waals surface area contributed by atoms with Crippen LogP contribution in [0.5, 0.6) is 0 Å². The summed E-state index contributed by atoms with van der Waals surface area (Å²) in [7, 11) is -3.38. The molecular formula is C13H17BrClNO4S. The third-order valence-corrected chi connectivity index (χ3v) is 5.64. The summed E-state index contributed by atoms with van der Waals surface area (Å²) in [6.45, 7) is 0.900. The fourth-order valence-corrected chi connectivity index (χ4v) is 4.24. The zero-order valence-electron chi connectivity index (χ0n) is 11.2. The lowest BCUT2D eigenvalue weighted by Crippen LogP contribution is -2.38. The van der Waals surface area contributed by atoms with Gasteiger partial charge in [0.1, 0.15) is 6.04 Å². The maximum atomic E-state index is 12.2. The van der Waals surface area contributed by atoms with Gasteiger partial charge in [0.15, 0.2) is 9.84 Å². The number of carbonyl (C=O) groups is 1. The largest absolute Gasteiger partial charge is 0.480 e. The number of hydrogen-bond donors (Lipinski definition) is 1. The Morgan fingerprint density at radius 2 is 2.14 bits per heavy atom. The molecular weight excluding hydrogens is 382 g/mol. The molecule has 1 aliphatic heterocycles. The van der Waals surface area contributed by atoms with Gasteiger partial charge < -0.3 is 5.11 Å². The van der Waals surface area contributed by atoms with Gasteiger partial charge >= 0.3 is 5.97 Å². The van der Waals surface area contributed by atoms with Crippen LogP contribution in [0.25, 0.3) is 0 Å². The number of carboxylic acid groups (broad SMARTS) is 1.